The number of Topliss-reactive ketones (excluding diaryl/α,β-unsaturated/α-hetero) is 1. The Hall–Kier alpha value is -7.18. The molecule has 18 atom stereocenters. The Morgan fingerprint density at radius 3 is 2.02 bits per heavy atom. The largest absolute Gasteiger partial charge is 0.461 e. The number of aliphatic hydroxyl groups is 4. The molecular weight excluding hydrogens is 1340 g/mol. The van der Waals surface area contributed by atoms with Gasteiger partial charge >= 0.3 is 35.8 Å². The van der Waals surface area contributed by atoms with Crippen LogP contribution in [-0.2, 0) is 61.9 Å². The Kier molecular flexibility index (Phi) is 23.3. The van der Waals surface area contributed by atoms with E-state index in [0.717, 1.165) is 64.4 Å². The number of esters is 6. The number of benzene rings is 3. The third-order valence-corrected chi connectivity index (χ3v) is 25.9. The van der Waals surface area contributed by atoms with E-state index in [0.29, 0.717) is 47.0 Å². The molecule has 2 bridgehead atoms. The Morgan fingerprint density at radius 2 is 1.40 bits per heavy atom. The van der Waals surface area contributed by atoms with Crippen LogP contribution in [0.3, 0.4) is 0 Å². The summed E-state index contributed by atoms with van der Waals surface area (Å²) in [6.07, 6.45) is 3.68. The van der Waals surface area contributed by atoms with Gasteiger partial charge in [0.2, 0.25) is 0 Å². The normalized spacial score (nSPS) is 32.9. The molecule has 0 aromatic heterocycles. The van der Waals surface area contributed by atoms with Crippen LogP contribution in [0.25, 0.3) is 0 Å². The number of carbonyl (C=O) groups is 8. The average molecular weight is 1440 g/mol. The summed E-state index contributed by atoms with van der Waals surface area (Å²) in [5.41, 5.74) is -4.71. The highest BCUT2D eigenvalue weighted by Crippen LogP contribution is 2.66. The summed E-state index contributed by atoms with van der Waals surface area (Å²) in [6.45, 7) is 17.0. The number of ketones is 1. The van der Waals surface area contributed by atoms with Crippen molar-refractivity contribution < 1.29 is 91.9 Å². The molecule has 6 saturated carbocycles. The maximum absolute atomic E-state index is 16.5. The van der Waals surface area contributed by atoms with E-state index in [9.17, 15) is 54.0 Å². The second-order valence-corrected chi connectivity index (χ2v) is 32.9. The maximum atomic E-state index is 16.5. The second-order valence-electron chi connectivity index (χ2n) is 30.2. The molecule has 14 unspecified atom stereocenters. The molecule has 102 heavy (non-hydrogen) atoms. The summed E-state index contributed by atoms with van der Waals surface area (Å²) in [5.74, 6) is -6.33. The molecule has 20 nitrogen and oxygen atoms in total. The highest BCUT2D eigenvalue weighted by atomic mass is 33.1. The van der Waals surface area contributed by atoms with Crippen LogP contribution >= 0.6 is 21.6 Å². The predicted octanol–water partition coefficient (Wildman–Crippen LogP) is 11.1. The van der Waals surface area contributed by atoms with Crippen molar-refractivity contribution in [3.8, 4) is 0 Å². The quantitative estimate of drug-likeness (QED) is 0.0183. The third kappa shape index (κ3) is 15.3. The van der Waals surface area contributed by atoms with E-state index in [1.165, 1.54) is 53.1 Å². The fraction of sp³-hybridized carbons (Fsp3) is 0.550. The minimum atomic E-state index is -2.52. The van der Waals surface area contributed by atoms with Gasteiger partial charge in [-0.25, -0.2) is 9.59 Å². The van der Waals surface area contributed by atoms with Gasteiger partial charge in [-0.1, -0.05) is 152 Å². The van der Waals surface area contributed by atoms with Gasteiger partial charge in [0.15, 0.2) is 23.6 Å². The first-order valence-corrected chi connectivity index (χ1v) is 38.3. The van der Waals surface area contributed by atoms with Crippen LogP contribution in [-0.4, -0.2) is 152 Å². The predicted molar refractivity (Wildman–Crippen MR) is 381 cm³/mol. The zero-order valence-electron chi connectivity index (χ0n) is 59.4. The first kappa shape index (κ1) is 76.0. The molecule has 1 aliphatic heterocycles. The average Bonchev–Trinajstić information content (AvgIpc) is 1.14. The third-order valence-electron chi connectivity index (χ3n) is 23.5. The van der Waals surface area contributed by atoms with Gasteiger partial charge in [-0.05, 0) is 146 Å². The molecule has 22 heteroatoms. The molecule has 7 aliphatic carbocycles. The van der Waals surface area contributed by atoms with Crippen molar-refractivity contribution in [2.45, 2.75) is 211 Å². The molecule has 1 heterocycles. The number of ether oxygens (including phenoxy) is 7. The standard InChI is InChI=1S/C80H97NO19S2/c1-45(27-34-59(85)51-29-30-51)57-32-33-58-50(26-19-37-77(57,58)8)28-31-55-40-56(84)41-60(46(55)2)96-64(86)35-38-101-102-39-36-65(87)98-62-42-63-79(44-94-63,100-49(5)83)70-72(99-74(91)54-24-17-12-18-25-54)80(93)43-61(47(3)66(76(80,6)7)69(95-48(4)82)71(89)78(62,70)9)97-75(92)68(88)67(52-20-13-10-14-21-52)81-73(90)53-22-15-11-16-23-53/h10-18,20-25,27-28,31,34,45,51,56-63,67-70,72,84-85,88,93H,2,19,26,29-30,32-33,35-44H2,1,3-9H3,(H,81,90)/b34-27+,50-28+,55-31-/t45-,56+,57?,58?,59?,60-,61?,62?,63?,67?,68?,69?,70?,72?,77+,78?,79?,80?/m0/s1. The monoisotopic (exact) mass is 1440 g/mol. The molecule has 1 amide bonds. The van der Waals surface area contributed by atoms with E-state index >= 15 is 4.79 Å². The van der Waals surface area contributed by atoms with Crippen molar-refractivity contribution in [3.63, 3.8) is 0 Å². The van der Waals surface area contributed by atoms with Gasteiger partial charge < -0.3 is 58.9 Å². The van der Waals surface area contributed by atoms with Gasteiger partial charge in [-0.2, -0.15) is 0 Å². The number of fused-ring (bicyclic) bond motifs is 6. The van der Waals surface area contributed by atoms with Gasteiger partial charge in [0.05, 0.1) is 54.6 Å². The summed E-state index contributed by atoms with van der Waals surface area (Å²) < 4.78 is 43.9. The van der Waals surface area contributed by atoms with Gasteiger partial charge in [-0.15, -0.1) is 0 Å². The maximum Gasteiger partial charge on any atom is 0.338 e. The minimum Gasteiger partial charge on any atom is -0.461 e. The van der Waals surface area contributed by atoms with Crippen LogP contribution in [0.15, 0.2) is 150 Å². The highest BCUT2D eigenvalue weighted by molar-refractivity contribution is 8.76. The van der Waals surface area contributed by atoms with Crippen molar-refractivity contribution in [1.29, 1.82) is 0 Å². The van der Waals surface area contributed by atoms with Gasteiger partial charge in [0.25, 0.3) is 5.91 Å². The lowest BCUT2D eigenvalue weighted by Gasteiger charge is -2.67. The van der Waals surface area contributed by atoms with Crippen LogP contribution < -0.4 is 5.32 Å². The summed E-state index contributed by atoms with van der Waals surface area (Å²) in [6, 6.07) is 22.8. The number of amides is 1. The molecule has 548 valence electrons. The zero-order valence-corrected chi connectivity index (χ0v) is 61.0. The van der Waals surface area contributed by atoms with Crippen molar-refractivity contribution in [1.82, 2.24) is 5.32 Å². The van der Waals surface area contributed by atoms with Crippen LogP contribution in [0.2, 0.25) is 0 Å². The van der Waals surface area contributed by atoms with Crippen LogP contribution in [0.4, 0.5) is 0 Å². The van der Waals surface area contributed by atoms with Crippen LogP contribution in [0.1, 0.15) is 171 Å². The first-order chi connectivity index (χ1) is 48.5. The van der Waals surface area contributed by atoms with Crippen molar-refractivity contribution in [2.75, 3.05) is 18.1 Å². The van der Waals surface area contributed by atoms with E-state index in [1.807, 2.05) is 6.08 Å². The van der Waals surface area contributed by atoms with E-state index in [-0.39, 0.29) is 65.2 Å². The van der Waals surface area contributed by atoms with E-state index in [1.54, 1.807) is 92.7 Å². The lowest BCUT2D eigenvalue weighted by molar-refractivity contribution is -0.346. The molecule has 1 saturated heterocycles. The van der Waals surface area contributed by atoms with E-state index in [2.05, 4.69) is 44.0 Å². The number of rotatable bonds is 24. The van der Waals surface area contributed by atoms with Crippen LogP contribution in [0.5, 0.6) is 0 Å². The number of aliphatic hydroxyl groups excluding tert-OH is 3. The summed E-state index contributed by atoms with van der Waals surface area (Å²) >= 11 is 0. The Balaban J connectivity index is 0.801. The Labute approximate surface area is 604 Å². The fourth-order valence-electron chi connectivity index (χ4n) is 17.9. The van der Waals surface area contributed by atoms with E-state index < -0.39 is 143 Å². The molecule has 0 radical (unpaired) electrons. The molecule has 5 N–H and O–H groups in total. The lowest BCUT2D eigenvalue weighted by Crippen LogP contribution is -2.82. The first-order valence-electron chi connectivity index (χ1n) is 35.8. The van der Waals surface area contributed by atoms with Crippen LogP contribution in [0, 0.1) is 45.8 Å². The number of hydrogen-bond acceptors (Lipinski definition) is 21. The number of carbonyl (C=O) groups excluding carboxylic acids is 8. The lowest BCUT2D eigenvalue weighted by atomic mass is 9.44. The number of allylic oxidation sites excluding steroid dienone is 4. The topological polar surface area (TPSA) is 294 Å². The van der Waals surface area contributed by atoms with Crippen molar-refractivity contribution >= 4 is 69.1 Å². The second kappa shape index (κ2) is 31.3. The van der Waals surface area contributed by atoms with Crippen molar-refractivity contribution in [3.05, 3.63) is 166 Å². The van der Waals surface area contributed by atoms with Gasteiger partial charge in [0, 0.05) is 55.6 Å². The molecule has 7 fully saturated rings. The zero-order chi connectivity index (χ0) is 73.2. The Morgan fingerprint density at radius 1 is 0.765 bits per heavy atom. The smallest absolute Gasteiger partial charge is 0.338 e. The number of hydrogen-bond donors (Lipinski definition) is 5. The minimum absolute atomic E-state index is 0.0162. The molecular formula is C80H97NO19S2. The molecule has 8 aliphatic rings. The van der Waals surface area contributed by atoms with Gasteiger partial charge in [-0.3, -0.25) is 28.8 Å². The summed E-state index contributed by atoms with van der Waals surface area (Å²) in [4.78, 5) is 115. The highest BCUT2D eigenvalue weighted by Gasteiger charge is 2.79. The molecule has 11 rings (SSSR count). The number of nitrogens with one attached hydrogen (secondary N) is 1. The van der Waals surface area contributed by atoms with E-state index in [4.69, 9.17) is 33.2 Å². The molecule has 0 spiro atoms. The fourth-order valence-corrected chi connectivity index (χ4v) is 19.8. The summed E-state index contributed by atoms with van der Waals surface area (Å²) in [5, 5.41) is 50.7. The van der Waals surface area contributed by atoms with Gasteiger partial charge in [0.1, 0.15) is 36.1 Å². The van der Waals surface area contributed by atoms with Crippen molar-refractivity contribution in [2.24, 2.45) is 45.8 Å². The SMILES string of the molecule is C=C1/C(=C\C=C2/CCC[C@@]3(C)C2CCC3[C@@H](C)/C=C/C(O)C2CC2)C[C@@H](O)C[C@@H]1OC(=O)CCSSCCC(=O)OC1CC2OCC2(OC(C)=O)C2C(OC(=O)c3ccccc3)C3(O)CC(OC(=O)C(O)C(NC(=O)c4ccccc4)c4ccccc4)C(C)=C(C(OC(C)=O)C(=O)C12C)C3(C)C. The summed E-state index contributed by atoms with van der Waals surface area (Å²) in [7, 11) is 2.62. The molecule has 3 aromatic carbocycles. The molecule has 3 aromatic rings. The Bertz CT molecular complexity index is 3790.